The fourth-order valence-corrected chi connectivity index (χ4v) is 4.89. The number of nitrogens with zero attached hydrogens (tertiary/aromatic N) is 5. The molecule has 1 aromatic carbocycles. The third-order valence-corrected chi connectivity index (χ3v) is 6.81. The molecule has 2 N–H and O–H groups in total. The number of hydrogen-bond acceptors (Lipinski definition) is 5. The van der Waals surface area contributed by atoms with Crippen molar-refractivity contribution in [2.24, 2.45) is 7.05 Å². The van der Waals surface area contributed by atoms with Gasteiger partial charge < -0.3 is 14.9 Å². The van der Waals surface area contributed by atoms with E-state index in [0.717, 1.165) is 30.5 Å². The maximum absolute atomic E-state index is 12.3. The van der Waals surface area contributed by atoms with Crippen LogP contribution in [-0.4, -0.2) is 35.2 Å². The molecule has 4 aromatic heterocycles. The molecule has 0 bridgehead atoms. The number of nitrogens with one attached hydrogen (secondary N) is 2. The minimum absolute atomic E-state index is 0.0905. The highest BCUT2D eigenvalue weighted by molar-refractivity contribution is 5.85. The first-order chi connectivity index (χ1) is 16.5. The van der Waals surface area contributed by atoms with E-state index in [4.69, 9.17) is 9.97 Å². The van der Waals surface area contributed by atoms with Crippen LogP contribution in [0.2, 0.25) is 0 Å². The van der Waals surface area contributed by atoms with Crippen molar-refractivity contribution in [2.75, 3.05) is 5.32 Å². The van der Waals surface area contributed by atoms with E-state index < -0.39 is 0 Å². The number of aryl methyl sites for hydroxylation is 2. The standard InChI is InChI=1S/C26H27N7O/c1-15(2)20-14-27-33-25(20)30-24(16-10-11-32(3)23(34)12-16)31-26(33)28-17-8-9-22-19(13-17)18-6-4-5-7-21(18)29-22/h4-7,10-12,14-15,17,29H,8-9,13H2,1-3H3,(H,28,30,31)/t17-/m1/s1. The normalized spacial score (nSPS) is 15.8. The zero-order valence-corrected chi connectivity index (χ0v) is 19.5. The minimum Gasteiger partial charge on any atom is -0.358 e. The Morgan fingerprint density at radius 2 is 2.03 bits per heavy atom. The van der Waals surface area contributed by atoms with Crippen LogP contribution in [0, 0.1) is 0 Å². The molecule has 1 atom stereocenters. The number of anilines is 1. The van der Waals surface area contributed by atoms with Crippen molar-refractivity contribution in [1.29, 1.82) is 0 Å². The number of aromatic amines is 1. The van der Waals surface area contributed by atoms with Gasteiger partial charge in [0.1, 0.15) is 0 Å². The molecule has 172 valence electrons. The van der Waals surface area contributed by atoms with E-state index in [1.807, 2.05) is 12.3 Å². The third kappa shape index (κ3) is 3.37. The fourth-order valence-electron chi connectivity index (χ4n) is 4.89. The molecule has 0 aliphatic heterocycles. The number of pyridine rings is 1. The molecule has 1 aliphatic rings. The lowest BCUT2D eigenvalue weighted by molar-refractivity contribution is 0.599. The second kappa shape index (κ2) is 7.83. The van der Waals surface area contributed by atoms with Crippen molar-refractivity contribution < 1.29 is 0 Å². The fraction of sp³-hybridized carbons (Fsp3) is 0.308. The van der Waals surface area contributed by atoms with Gasteiger partial charge in [-0.05, 0) is 42.9 Å². The van der Waals surface area contributed by atoms with E-state index >= 15 is 0 Å². The molecule has 0 unspecified atom stereocenters. The van der Waals surface area contributed by atoms with Crippen LogP contribution >= 0.6 is 0 Å². The van der Waals surface area contributed by atoms with Gasteiger partial charge in [-0.15, -0.1) is 0 Å². The van der Waals surface area contributed by atoms with Crippen molar-refractivity contribution >= 4 is 22.5 Å². The first-order valence-corrected chi connectivity index (χ1v) is 11.8. The van der Waals surface area contributed by atoms with Crippen LogP contribution in [0.1, 0.15) is 43.0 Å². The molecule has 0 fully saturated rings. The van der Waals surface area contributed by atoms with E-state index in [-0.39, 0.29) is 17.5 Å². The summed E-state index contributed by atoms with van der Waals surface area (Å²) < 4.78 is 3.34. The van der Waals surface area contributed by atoms with E-state index in [2.05, 4.69) is 53.5 Å². The van der Waals surface area contributed by atoms with Gasteiger partial charge in [-0.2, -0.15) is 14.6 Å². The molecule has 0 spiro atoms. The van der Waals surface area contributed by atoms with E-state index in [9.17, 15) is 4.79 Å². The van der Waals surface area contributed by atoms with Gasteiger partial charge in [0, 0.05) is 53.1 Å². The van der Waals surface area contributed by atoms with E-state index in [1.165, 1.54) is 22.2 Å². The molecule has 0 amide bonds. The number of rotatable bonds is 4. The third-order valence-electron chi connectivity index (χ3n) is 6.81. The summed E-state index contributed by atoms with van der Waals surface area (Å²) in [7, 11) is 1.74. The Labute approximate surface area is 196 Å². The highest BCUT2D eigenvalue weighted by Crippen LogP contribution is 2.31. The molecule has 34 heavy (non-hydrogen) atoms. The number of para-hydroxylation sites is 1. The zero-order chi connectivity index (χ0) is 23.4. The van der Waals surface area contributed by atoms with Gasteiger partial charge in [0.05, 0.1) is 6.20 Å². The number of H-pyrrole nitrogens is 1. The van der Waals surface area contributed by atoms with Crippen LogP contribution < -0.4 is 10.9 Å². The number of aromatic nitrogens is 6. The van der Waals surface area contributed by atoms with Crippen molar-refractivity contribution in [3.05, 3.63) is 76.0 Å². The summed E-state index contributed by atoms with van der Waals surface area (Å²) in [6, 6.07) is 12.2. The summed E-state index contributed by atoms with van der Waals surface area (Å²) in [6.45, 7) is 4.26. The first-order valence-electron chi connectivity index (χ1n) is 11.8. The lowest BCUT2D eigenvalue weighted by Gasteiger charge is -2.24. The van der Waals surface area contributed by atoms with Gasteiger partial charge in [-0.25, -0.2) is 4.98 Å². The van der Waals surface area contributed by atoms with Crippen molar-refractivity contribution in [3.8, 4) is 11.4 Å². The number of fused-ring (bicyclic) bond motifs is 4. The Bertz CT molecular complexity index is 1590. The van der Waals surface area contributed by atoms with Crippen molar-refractivity contribution in [2.45, 2.75) is 45.1 Å². The molecule has 8 heteroatoms. The second-order valence-corrected chi connectivity index (χ2v) is 9.44. The maximum Gasteiger partial charge on any atom is 0.250 e. The van der Waals surface area contributed by atoms with Crippen LogP contribution in [0.15, 0.2) is 53.6 Å². The Kier molecular flexibility index (Phi) is 4.76. The predicted octanol–water partition coefficient (Wildman–Crippen LogP) is 4.06. The van der Waals surface area contributed by atoms with Crippen molar-refractivity contribution in [3.63, 3.8) is 0 Å². The van der Waals surface area contributed by atoms with Crippen LogP contribution in [0.3, 0.4) is 0 Å². The van der Waals surface area contributed by atoms with Crippen LogP contribution in [-0.2, 0) is 19.9 Å². The quantitative estimate of drug-likeness (QED) is 0.428. The largest absolute Gasteiger partial charge is 0.358 e. The van der Waals surface area contributed by atoms with Gasteiger partial charge in [0.25, 0.3) is 5.56 Å². The summed E-state index contributed by atoms with van der Waals surface area (Å²) >= 11 is 0. The molecule has 5 aromatic rings. The molecular formula is C26H27N7O. The van der Waals surface area contributed by atoms with Crippen LogP contribution in [0.5, 0.6) is 0 Å². The Morgan fingerprint density at radius 3 is 2.85 bits per heavy atom. The van der Waals surface area contributed by atoms with E-state index in [0.29, 0.717) is 17.3 Å². The van der Waals surface area contributed by atoms with E-state index in [1.54, 1.807) is 28.4 Å². The Hall–Kier alpha value is -3.94. The predicted molar refractivity (Wildman–Crippen MR) is 133 cm³/mol. The highest BCUT2D eigenvalue weighted by atomic mass is 16.1. The smallest absolute Gasteiger partial charge is 0.250 e. The van der Waals surface area contributed by atoms with Gasteiger partial charge >= 0.3 is 0 Å². The highest BCUT2D eigenvalue weighted by Gasteiger charge is 2.24. The lowest BCUT2D eigenvalue weighted by atomic mass is 9.91. The molecule has 1 aliphatic carbocycles. The summed E-state index contributed by atoms with van der Waals surface area (Å²) in [5.41, 5.74) is 6.33. The molecule has 4 heterocycles. The Balaban J connectivity index is 1.42. The summed E-state index contributed by atoms with van der Waals surface area (Å²) in [5.74, 6) is 1.44. The molecular weight excluding hydrogens is 426 g/mol. The number of hydrogen-bond donors (Lipinski definition) is 2. The average molecular weight is 454 g/mol. The molecule has 0 radical (unpaired) electrons. The molecule has 0 saturated carbocycles. The lowest BCUT2D eigenvalue weighted by Crippen LogP contribution is -2.29. The summed E-state index contributed by atoms with van der Waals surface area (Å²) in [5, 5.41) is 9.56. The molecule has 0 saturated heterocycles. The number of benzene rings is 1. The van der Waals surface area contributed by atoms with Crippen LogP contribution in [0.4, 0.5) is 5.95 Å². The second-order valence-electron chi connectivity index (χ2n) is 9.44. The zero-order valence-electron chi connectivity index (χ0n) is 19.5. The minimum atomic E-state index is -0.0905. The SMILES string of the molecule is CC(C)c1cnn2c(N[C@@H]3CCc4[nH]c5ccccc5c4C3)nc(-c3ccn(C)c(=O)c3)nc12. The van der Waals surface area contributed by atoms with Crippen LogP contribution in [0.25, 0.3) is 27.9 Å². The maximum atomic E-state index is 12.3. The van der Waals surface area contributed by atoms with Crippen molar-refractivity contribution in [1.82, 2.24) is 29.1 Å². The molecule has 8 nitrogen and oxygen atoms in total. The first kappa shape index (κ1) is 20.7. The Morgan fingerprint density at radius 1 is 1.18 bits per heavy atom. The summed E-state index contributed by atoms with van der Waals surface area (Å²) in [4.78, 5) is 25.5. The summed E-state index contributed by atoms with van der Waals surface area (Å²) in [6.07, 6.45) is 6.49. The average Bonchev–Trinajstić information content (AvgIpc) is 3.42. The van der Waals surface area contributed by atoms with Gasteiger partial charge in [-0.3, -0.25) is 4.79 Å². The van der Waals surface area contributed by atoms with Gasteiger partial charge in [0.15, 0.2) is 11.5 Å². The van der Waals surface area contributed by atoms with Gasteiger partial charge in [0.2, 0.25) is 5.95 Å². The molecule has 6 rings (SSSR count). The van der Waals surface area contributed by atoms with Gasteiger partial charge in [-0.1, -0.05) is 32.0 Å². The monoisotopic (exact) mass is 453 g/mol. The topological polar surface area (TPSA) is 92.9 Å².